The minimum Gasteiger partial charge on any atom is -0.310 e. The number of hydrogen-bond donors (Lipinski definition) is 0. The highest BCUT2D eigenvalue weighted by Gasteiger charge is 2.53. The van der Waals surface area contributed by atoms with Crippen molar-refractivity contribution in [2.75, 3.05) is 4.90 Å². The summed E-state index contributed by atoms with van der Waals surface area (Å²) in [4.78, 5) is 2.57. The number of fused-ring (bicyclic) bond motifs is 13. The summed E-state index contributed by atoms with van der Waals surface area (Å²) in [7, 11) is 0. The average Bonchev–Trinajstić information content (AvgIpc) is 3.86. The zero-order valence-corrected chi connectivity index (χ0v) is 33.2. The van der Waals surface area contributed by atoms with Crippen LogP contribution >= 0.6 is 0 Å². The van der Waals surface area contributed by atoms with Crippen molar-refractivity contribution >= 4 is 17.1 Å². The van der Waals surface area contributed by atoms with Gasteiger partial charge >= 0.3 is 0 Å². The lowest BCUT2D eigenvalue weighted by Gasteiger charge is -2.36. The molecule has 0 N–H and O–H groups in total. The van der Waals surface area contributed by atoms with Gasteiger partial charge in [0.1, 0.15) is 0 Å². The molecule has 0 bridgehead atoms. The van der Waals surface area contributed by atoms with Crippen LogP contribution in [0.5, 0.6) is 0 Å². The topological polar surface area (TPSA) is 3.24 Å². The second kappa shape index (κ2) is 12.6. The average molecular weight is 752 g/mol. The molecule has 12 rings (SSSR count). The lowest BCUT2D eigenvalue weighted by Crippen LogP contribution is -2.28. The lowest BCUT2D eigenvalue weighted by atomic mass is 9.70. The number of hydrogen-bond acceptors (Lipinski definition) is 1. The quantitative estimate of drug-likeness (QED) is 0.169. The molecule has 3 aliphatic carbocycles. The van der Waals surface area contributed by atoms with Gasteiger partial charge in [-0.15, -0.1) is 0 Å². The van der Waals surface area contributed by atoms with E-state index < -0.39 is 5.41 Å². The third-order valence-electron chi connectivity index (χ3n) is 13.4. The molecule has 0 saturated carbocycles. The molecular formula is C58H41N. The Bertz CT molecular complexity index is 3070. The first-order valence-corrected chi connectivity index (χ1v) is 20.8. The first-order chi connectivity index (χ1) is 29.0. The number of nitrogens with zero attached hydrogens (tertiary/aromatic N) is 1. The van der Waals surface area contributed by atoms with E-state index in [2.05, 4.69) is 231 Å². The Kier molecular flexibility index (Phi) is 7.26. The number of rotatable bonds is 5. The highest BCUT2D eigenvalue weighted by molar-refractivity contribution is 6.01. The van der Waals surface area contributed by atoms with Gasteiger partial charge < -0.3 is 4.90 Å². The molecule has 59 heavy (non-hydrogen) atoms. The van der Waals surface area contributed by atoms with Gasteiger partial charge in [0.15, 0.2) is 0 Å². The van der Waals surface area contributed by atoms with E-state index in [1.165, 1.54) is 94.7 Å². The predicted molar refractivity (Wildman–Crippen MR) is 246 cm³/mol. The van der Waals surface area contributed by atoms with Crippen molar-refractivity contribution in [2.45, 2.75) is 24.7 Å². The molecule has 0 atom stereocenters. The Morgan fingerprint density at radius 2 is 0.763 bits per heavy atom. The summed E-state index contributed by atoms with van der Waals surface area (Å²) in [6, 6.07) is 79.3. The van der Waals surface area contributed by atoms with Crippen LogP contribution in [0.15, 0.2) is 212 Å². The van der Waals surface area contributed by atoms with E-state index >= 15 is 0 Å². The number of benzene rings is 9. The van der Waals surface area contributed by atoms with E-state index in [9.17, 15) is 0 Å². The molecule has 1 heteroatoms. The highest BCUT2D eigenvalue weighted by Crippen LogP contribution is 2.65. The van der Waals surface area contributed by atoms with E-state index in [0.29, 0.717) is 0 Å². The van der Waals surface area contributed by atoms with Gasteiger partial charge in [-0.05, 0) is 114 Å². The van der Waals surface area contributed by atoms with Crippen LogP contribution in [0, 0.1) is 0 Å². The largest absolute Gasteiger partial charge is 0.310 e. The fraction of sp³-hybridized carbons (Fsp3) is 0.0690. The Morgan fingerprint density at radius 1 is 0.305 bits per heavy atom. The van der Waals surface area contributed by atoms with Gasteiger partial charge in [-0.3, -0.25) is 0 Å². The van der Waals surface area contributed by atoms with E-state index in [1.54, 1.807) is 0 Å². The smallest absolute Gasteiger partial charge is 0.0746 e. The SMILES string of the molecule is CC1(C)c2ccccc2-c2cc(N(c3cccc(-c4ccccc4)c3)c3cccc4c3C3(c5ccccc5-c5ccccc53)c3ccccc3-4)cc(-c3ccccc3)c21. The molecule has 0 heterocycles. The Labute approximate surface area is 346 Å². The summed E-state index contributed by atoms with van der Waals surface area (Å²) < 4.78 is 0. The molecule has 1 spiro atoms. The summed E-state index contributed by atoms with van der Waals surface area (Å²) >= 11 is 0. The second-order valence-electron chi connectivity index (χ2n) is 16.8. The minimum absolute atomic E-state index is 0.176. The van der Waals surface area contributed by atoms with E-state index in [0.717, 1.165) is 11.4 Å². The second-order valence-corrected chi connectivity index (χ2v) is 16.8. The fourth-order valence-corrected chi connectivity index (χ4v) is 11.1. The molecule has 278 valence electrons. The van der Waals surface area contributed by atoms with Crippen molar-refractivity contribution in [1.29, 1.82) is 0 Å². The molecule has 0 saturated heterocycles. The molecule has 0 unspecified atom stereocenters. The van der Waals surface area contributed by atoms with Gasteiger partial charge in [0.05, 0.1) is 11.1 Å². The maximum atomic E-state index is 2.57. The molecule has 0 amide bonds. The van der Waals surface area contributed by atoms with Gasteiger partial charge in [-0.2, -0.15) is 0 Å². The zero-order valence-electron chi connectivity index (χ0n) is 33.2. The normalized spacial score (nSPS) is 14.2. The molecule has 1 nitrogen and oxygen atoms in total. The summed E-state index contributed by atoms with van der Waals surface area (Å²) in [5.74, 6) is 0. The van der Waals surface area contributed by atoms with Gasteiger partial charge in [0.25, 0.3) is 0 Å². The summed E-state index contributed by atoms with van der Waals surface area (Å²) in [6.07, 6.45) is 0. The van der Waals surface area contributed by atoms with Gasteiger partial charge in [-0.25, -0.2) is 0 Å². The van der Waals surface area contributed by atoms with Crippen LogP contribution in [-0.4, -0.2) is 0 Å². The van der Waals surface area contributed by atoms with Crippen LogP contribution in [0.2, 0.25) is 0 Å². The molecule has 0 aromatic heterocycles. The van der Waals surface area contributed by atoms with Crippen LogP contribution in [-0.2, 0) is 10.8 Å². The zero-order chi connectivity index (χ0) is 39.3. The van der Waals surface area contributed by atoms with Gasteiger partial charge in [0, 0.05) is 22.4 Å². The van der Waals surface area contributed by atoms with Crippen LogP contribution in [0.25, 0.3) is 55.6 Å². The third kappa shape index (κ3) is 4.67. The van der Waals surface area contributed by atoms with E-state index in [1.807, 2.05) is 0 Å². The number of anilines is 3. The van der Waals surface area contributed by atoms with E-state index in [-0.39, 0.29) is 5.41 Å². The molecule has 0 radical (unpaired) electrons. The molecule has 9 aromatic rings. The minimum atomic E-state index is -0.515. The van der Waals surface area contributed by atoms with Gasteiger partial charge in [0.2, 0.25) is 0 Å². The van der Waals surface area contributed by atoms with Crippen molar-refractivity contribution < 1.29 is 0 Å². The first-order valence-electron chi connectivity index (χ1n) is 20.8. The molecule has 0 aliphatic heterocycles. The van der Waals surface area contributed by atoms with E-state index in [4.69, 9.17) is 0 Å². The fourth-order valence-electron chi connectivity index (χ4n) is 11.1. The Hall–Kier alpha value is -7.22. The maximum absolute atomic E-state index is 2.57. The van der Waals surface area contributed by atoms with Gasteiger partial charge in [-0.1, -0.05) is 196 Å². The highest BCUT2D eigenvalue weighted by atomic mass is 15.1. The molecule has 9 aromatic carbocycles. The molecule has 3 aliphatic rings. The van der Waals surface area contributed by atoms with Crippen molar-refractivity contribution in [2.24, 2.45) is 0 Å². The summed E-state index contributed by atoms with van der Waals surface area (Å²) in [5.41, 5.74) is 23.5. The Morgan fingerprint density at radius 3 is 1.39 bits per heavy atom. The van der Waals surface area contributed by atoms with Crippen molar-refractivity contribution in [3.8, 4) is 55.6 Å². The van der Waals surface area contributed by atoms with Crippen LogP contribution in [0.4, 0.5) is 17.1 Å². The van der Waals surface area contributed by atoms with Crippen LogP contribution in [0.1, 0.15) is 47.2 Å². The van der Waals surface area contributed by atoms with Crippen molar-refractivity contribution in [3.05, 3.63) is 246 Å². The van der Waals surface area contributed by atoms with Crippen molar-refractivity contribution in [1.82, 2.24) is 0 Å². The summed E-state index contributed by atoms with van der Waals surface area (Å²) in [5, 5.41) is 0. The van der Waals surface area contributed by atoms with Crippen LogP contribution in [0.3, 0.4) is 0 Å². The van der Waals surface area contributed by atoms with Crippen molar-refractivity contribution in [3.63, 3.8) is 0 Å². The Balaban J connectivity index is 1.22. The van der Waals surface area contributed by atoms with Crippen LogP contribution < -0.4 is 4.90 Å². The molecular weight excluding hydrogens is 711 g/mol. The standard InChI is InChI=1S/C58H41N/c1-57(2)50-30-13-9-28-46(50)49-37-42(36-48(55(49)57)39-21-7-4-8-22-39)59(41-24-17-23-40(35-41)38-19-5-3-6-20-38)54-34-18-29-47-45-27-12-16-33-53(45)58(56(47)54)51-31-14-10-25-43(51)44-26-11-15-32-52(44)58/h3-37H,1-2H3. The predicted octanol–water partition coefficient (Wildman–Crippen LogP) is 15.1. The first kappa shape index (κ1) is 33.9. The lowest BCUT2D eigenvalue weighted by molar-refractivity contribution is 0.662. The third-order valence-corrected chi connectivity index (χ3v) is 13.4. The molecule has 0 fully saturated rings. The maximum Gasteiger partial charge on any atom is 0.0746 e. The monoisotopic (exact) mass is 751 g/mol. The summed E-state index contributed by atoms with van der Waals surface area (Å²) in [6.45, 7) is 4.79.